The average Bonchev–Trinajstić information content (AvgIpc) is 3.05. The normalized spacial score (nSPS) is 14.3. The van der Waals surface area contributed by atoms with E-state index in [4.69, 9.17) is 5.26 Å². The minimum Gasteiger partial charge on any atom is -0.342 e. The maximum atomic E-state index is 12.5. The van der Waals surface area contributed by atoms with Gasteiger partial charge in [-0.1, -0.05) is 24.3 Å². The van der Waals surface area contributed by atoms with Gasteiger partial charge in [-0.15, -0.1) is 0 Å². The standard InChI is InChI=1S/C19H19N3O3S/c20-14-16-4-1-2-5-18(16)21-26(24,25)17-9-7-15(8-10-17)11-13-22-12-3-6-19(22)23/h1-2,4-5,7-10,21H,3,6,11-13H2. The molecular weight excluding hydrogens is 350 g/mol. The van der Waals surface area contributed by atoms with Crippen molar-refractivity contribution in [3.8, 4) is 6.07 Å². The van der Waals surface area contributed by atoms with Crippen LogP contribution in [0.3, 0.4) is 0 Å². The first-order valence-electron chi connectivity index (χ1n) is 8.38. The van der Waals surface area contributed by atoms with E-state index in [1.807, 2.05) is 11.0 Å². The van der Waals surface area contributed by atoms with Crippen molar-refractivity contribution in [2.45, 2.75) is 24.2 Å². The van der Waals surface area contributed by atoms with E-state index in [2.05, 4.69) is 4.72 Å². The van der Waals surface area contributed by atoms with E-state index in [-0.39, 0.29) is 22.1 Å². The van der Waals surface area contributed by atoms with Crippen molar-refractivity contribution in [3.05, 3.63) is 59.7 Å². The summed E-state index contributed by atoms with van der Waals surface area (Å²) in [6, 6.07) is 15.0. The van der Waals surface area contributed by atoms with Crippen LogP contribution in [0.1, 0.15) is 24.0 Å². The number of likely N-dealkylation sites (tertiary alicyclic amines) is 1. The minimum absolute atomic E-state index is 0.131. The second-order valence-corrected chi connectivity index (χ2v) is 7.82. The number of carbonyl (C=O) groups excluding carboxylic acids is 1. The molecule has 0 saturated carbocycles. The molecule has 1 saturated heterocycles. The fourth-order valence-corrected chi connectivity index (χ4v) is 3.99. The molecule has 1 amide bonds. The second kappa shape index (κ2) is 7.58. The summed E-state index contributed by atoms with van der Waals surface area (Å²) in [5, 5.41) is 9.08. The summed E-state index contributed by atoms with van der Waals surface area (Å²) in [6.07, 6.45) is 2.22. The second-order valence-electron chi connectivity index (χ2n) is 6.14. The molecule has 0 bridgehead atoms. The van der Waals surface area contributed by atoms with Gasteiger partial charge in [0.05, 0.1) is 16.1 Å². The fraction of sp³-hybridized carbons (Fsp3) is 0.263. The molecule has 7 heteroatoms. The Bertz CT molecular complexity index is 947. The predicted molar refractivity (Wildman–Crippen MR) is 97.9 cm³/mol. The van der Waals surface area contributed by atoms with E-state index in [1.54, 1.807) is 48.5 Å². The van der Waals surface area contributed by atoms with Crippen molar-refractivity contribution < 1.29 is 13.2 Å². The zero-order chi connectivity index (χ0) is 18.6. The Balaban J connectivity index is 1.69. The average molecular weight is 369 g/mol. The summed E-state index contributed by atoms with van der Waals surface area (Å²) in [7, 11) is -3.77. The van der Waals surface area contributed by atoms with Gasteiger partial charge in [-0.3, -0.25) is 9.52 Å². The van der Waals surface area contributed by atoms with Crippen LogP contribution in [-0.4, -0.2) is 32.3 Å². The summed E-state index contributed by atoms with van der Waals surface area (Å²) in [4.78, 5) is 13.6. The topological polar surface area (TPSA) is 90.3 Å². The van der Waals surface area contributed by atoms with Crippen LogP contribution in [0.2, 0.25) is 0 Å². The third kappa shape index (κ3) is 4.03. The van der Waals surface area contributed by atoms with Crippen LogP contribution in [0.5, 0.6) is 0 Å². The number of carbonyl (C=O) groups is 1. The molecule has 3 rings (SSSR count). The van der Waals surface area contributed by atoms with E-state index in [1.165, 1.54) is 0 Å². The maximum absolute atomic E-state index is 12.5. The Morgan fingerprint density at radius 2 is 1.85 bits per heavy atom. The lowest BCUT2D eigenvalue weighted by atomic mass is 10.1. The van der Waals surface area contributed by atoms with Gasteiger partial charge < -0.3 is 4.90 Å². The number of nitriles is 1. The molecule has 26 heavy (non-hydrogen) atoms. The maximum Gasteiger partial charge on any atom is 0.261 e. The first-order chi connectivity index (χ1) is 12.5. The van der Waals surface area contributed by atoms with Gasteiger partial charge in [0, 0.05) is 19.5 Å². The Morgan fingerprint density at radius 1 is 1.12 bits per heavy atom. The summed E-state index contributed by atoms with van der Waals surface area (Å²) in [6.45, 7) is 1.45. The van der Waals surface area contributed by atoms with Gasteiger partial charge in [-0.2, -0.15) is 5.26 Å². The van der Waals surface area contributed by atoms with Crippen molar-refractivity contribution in [2.24, 2.45) is 0 Å². The highest BCUT2D eigenvalue weighted by Crippen LogP contribution is 2.20. The number of nitrogens with zero attached hydrogens (tertiary/aromatic N) is 2. The highest BCUT2D eigenvalue weighted by molar-refractivity contribution is 7.92. The van der Waals surface area contributed by atoms with Gasteiger partial charge in [0.25, 0.3) is 10.0 Å². The van der Waals surface area contributed by atoms with Gasteiger partial charge in [0.15, 0.2) is 0 Å². The van der Waals surface area contributed by atoms with Crippen LogP contribution in [0.4, 0.5) is 5.69 Å². The van der Waals surface area contributed by atoms with Gasteiger partial charge in [0.2, 0.25) is 5.91 Å². The first kappa shape index (κ1) is 18.0. The molecule has 6 nitrogen and oxygen atoms in total. The molecule has 1 heterocycles. The zero-order valence-electron chi connectivity index (χ0n) is 14.2. The molecule has 2 aromatic carbocycles. The molecule has 0 unspecified atom stereocenters. The lowest BCUT2D eigenvalue weighted by Gasteiger charge is -2.15. The lowest BCUT2D eigenvalue weighted by Crippen LogP contribution is -2.26. The number of anilines is 1. The molecule has 2 aromatic rings. The molecule has 0 spiro atoms. The van der Waals surface area contributed by atoms with E-state index in [9.17, 15) is 13.2 Å². The molecule has 0 radical (unpaired) electrons. The highest BCUT2D eigenvalue weighted by Gasteiger charge is 2.20. The zero-order valence-corrected chi connectivity index (χ0v) is 15.0. The number of nitrogens with one attached hydrogen (secondary N) is 1. The largest absolute Gasteiger partial charge is 0.342 e. The molecule has 1 N–H and O–H groups in total. The summed E-state index contributed by atoms with van der Waals surface area (Å²) < 4.78 is 27.5. The third-order valence-corrected chi connectivity index (χ3v) is 5.75. The SMILES string of the molecule is N#Cc1ccccc1NS(=O)(=O)c1ccc(CCN2CCCC2=O)cc1. The van der Waals surface area contributed by atoms with E-state index in [0.717, 1.165) is 18.5 Å². The smallest absolute Gasteiger partial charge is 0.261 e. The number of sulfonamides is 1. The van der Waals surface area contributed by atoms with E-state index in [0.29, 0.717) is 19.4 Å². The molecule has 134 valence electrons. The Kier molecular flexibility index (Phi) is 5.24. The van der Waals surface area contributed by atoms with Crippen LogP contribution in [0, 0.1) is 11.3 Å². The number of benzene rings is 2. The first-order valence-corrected chi connectivity index (χ1v) is 9.86. The lowest BCUT2D eigenvalue weighted by molar-refractivity contribution is -0.127. The predicted octanol–water partition coefficient (Wildman–Crippen LogP) is 2.52. The summed E-state index contributed by atoms with van der Waals surface area (Å²) in [5.74, 6) is 0.185. The van der Waals surface area contributed by atoms with Crippen molar-refractivity contribution in [1.29, 1.82) is 5.26 Å². The van der Waals surface area contributed by atoms with Gasteiger partial charge in [-0.25, -0.2) is 8.42 Å². The molecule has 1 aliphatic heterocycles. The summed E-state index contributed by atoms with van der Waals surface area (Å²) >= 11 is 0. The third-order valence-electron chi connectivity index (χ3n) is 4.37. The highest BCUT2D eigenvalue weighted by atomic mass is 32.2. The van der Waals surface area contributed by atoms with Crippen molar-refractivity contribution in [2.75, 3.05) is 17.8 Å². The number of rotatable bonds is 6. The van der Waals surface area contributed by atoms with Crippen LogP contribution < -0.4 is 4.72 Å². The molecule has 0 aromatic heterocycles. The molecular formula is C19H19N3O3S. The van der Waals surface area contributed by atoms with E-state index < -0.39 is 10.0 Å². The number of hydrogen-bond donors (Lipinski definition) is 1. The Morgan fingerprint density at radius 3 is 2.50 bits per heavy atom. The molecule has 0 atom stereocenters. The minimum atomic E-state index is -3.77. The van der Waals surface area contributed by atoms with Crippen LogP contribution in [0.15, 0.2) is 53.4 Å². The number of amides is 1. The monoisotopic (exact) mass is 369 g/mol. The molecule has 1 aliphatic rings. The molecule has 1 fully saturated rings. The fourth-order valence-electron chi connectivity index (χ4n) is 2.91. The number of para-hydroxylation sites is 1. The van der Waals surface area contributed by atoms with Gasteiger partial charge >= 0.3 is 0 Å². The van der Waals surface area contributed by atoms with Gasteiger partial charge in [0.1, 0.15) is 6.07 Å². The Labute approximate surface area is 153 Å². The molecule has 0 aliphatic carbocycles. The number of hydrogen-bond acceptors (Lipinski definition) is 4. The van der Waals surface area contributed by atoms with Crippen LogP contribution >= 0.6 is 0 Å². The van der Waals surface area contributed by atoms with Crippen LogP contribution in [0.25, 0.3) is 0 Å². The van der Waals surface area contributed by atoms with Crippen molar-refractivity contribution in [3.63, 3.8) is 0 Å². The quantitative estimate of drug-likeness (QED) is 0.847. The van der Waals surface area contributed by atoms with Crippen molar-refractivity contribution >= 4 is 21.6 Å². The van der Waals surface area contributed by atoms with Crippen LogP contribution in [-0.2, 0) is 21.2 Å². The summed E-state index contributed by atoms with van der Waals surface area (Å²) in [5.41, 5.74) is 1.50. The van der Waals surface area contributed by atoms with E-state index >= 15 is 0 Å². The van der Waals surface area contributed by atoms with Crippen molar-refractivity contribution in [1.82, 2.24) is 4.90 Å². The Hall–Kier alpha value is -2.85. The van der Waals surface area contributed by atoms with Gasteiger partial charge in [-0.05, 0) is 42.7 Å².